The van der Waals surface area contributed by atoms with Gasteiger partial charge < -0.3 is 24.4 Å². The number of likely N-dealkylation sites (N-methyl/N-ethyl adjacent to an activating group) is 1. The minimum Gasteiger partial charge on any atom is -0.497 e. The van der Waals surface area contributed by atoms with Crippen molar-refractivity contribution in [2.45, 2.75) is 25.9 Å². The van der Waals surface area contributed by atoms with E-state index in [0.29, 0.717) is 18.0 Å². The maximum Gasteiger partial charge on any atom is 0.317 e. The Morgan fingerprint density at radius 1 is 0.963 bits per heavy atom. The van der Waals surface area contributed by atoms with Crippen LogP contribution in [0.5, 0.6) is 17.2 Å². The lowest BCUT2D eigenvalue weighted by molar-refractivity contribution is 0.193. The summed E-state index contributed by atoms with van der Waals surface area (Å²) in [6.45, 7) is 2.44. The second kappa shape index (κ2) is 9.71. The predicted molar refractivity (Wildman–Crippen MR) is 106 cm³/mol. The second-order valence-corrected chi connectivity index (χ2v) is 6.36. The van der Waals surface area contributed by atoms with Gasteiger partial charge in [-0.3, -0.25) is 0 Å². The molecule has 0 radical (unpaired) electrons. The molecule has 0 fully saturated rings. The zero-order valence-electron chi connectivity index (χ0n) is 16.6. The summed E-state index contributed by atoms with van der Waals surface area (Å²) < 4.78 is 15.7. The first kappa shape index (κ1) is 20.4. The number of rotatable bonds is 8. The molecule has 0 heterocycles. The standard InChI is InChI=1S/C21H28N2O4/c1-15(12-16-6-9-18(25-3)10-7-16)23(2)21(24)22-14-17-8-11-19(26-4)20(13-17)27-5/h6-11,13,15H,12,14H2,1-5H3,(H,22,24)/t15-/m1/s1. The number of urea groups is 1. The SMILES string of the molecule is COc1ccc(C[C@@H](C)N(C)C(=O)NCc2ccc(OC)c(OC)c2)cc1. The van der Waals surface area contributed by atoms with Gasteiger partial charge in [0.1, 0.15) is 5.75 Å². The molecule has 0 aliphatic heterocycles. The summed E-state index contributed by atoms with van der Waals surface area (Å²) in [5, 5.41) is 2.94. The smallest absolute Gasteiger partial charge is 0.317 e. The van der Waals surface area contributed by atoms with E-state index in [-0.39, 0.29) is 12.1 Å². The van der Waals surface area contributed by atoms with Gasteiger partial charge in [0.2, 0.25) is 0 Å². The Morgan fingerprint density at radius 2 is 1.59 bits per heavy atom. The van der Waals surface area contributed by atoms with Crippen molar-refractivity contribution in [1.82, 2.24) is 10.2 Å². The van der Waals surface area contributed by atoms with Gasteiger partial charge in [0.05, 0.1) is 21.3 Å². The molecular weight excluding hydrogens is 344 g/mol. The van der Waals surface area contributed by atoms with Crippen LogP contribution in [0.15, 0.2) is 42.5 Å². The number of amides is 2. The molecule has 6 heteroatoms. The summed E-state index contributed by atoms with van der Waals surface area (Å²) in [7, 11) is 6.64. The zero-order valence-corrected chi connectivity index (χ0v) is 16.6. The van der Waals surface area contributed by atoms with E-state index in [0.717, 1.165) is 23.3 Å². The first-order valence-electron chi connectivity index (χ1n) is 8.83. The molecule has 2 rings (SSSR count). The lowest BCUT2D eigenvalue weighted by Crippen LogP contribution is -2.42. The van der Waals surface area contributed by atoms with Crippen molar-refractivity contribution >= 4 is 6.03 Å². The molecule has 27 heavy (non-hydrogen) atoms. The molecule has 146 valence electrons. The summed E-state index contributed by atoms with van der Waals surface area (Å²) in [5.41, 5.74) is 2.10. The maximum atomic E-state index is 12.5. The zero-order chi connectivity index (χ0) is 19.8. The fraction of sp³-hybridized carbons (Fsp3) is 0.381. The molecule has 1 atom stereocenters. The van der Waals surface area contributed by atoms with Crippen LogP contribution in [0, 0.1) is 0 Å². The maximum absolute atomic E-state index is 12.5. The Balaban J connectivity index is 1.90. The van der Waals surface area contributed by atoms with Gasteiger partial charge in [-0.25, -0.2) is 4.79 Å². The minimum atomic E-state index is -0.120. The van der Waals surface area contributed by atoms with Crippen LogP contribution in [0.1, 0.15) is 18.1 Å². The van der Waals surface area contributed by atoms with Gasteiger partial charge >= 0.3 is 6.03 Å². The van der Waals surface area contributed by atoms with E-state index in [4.69, 9.17) is 14.2 Å². The van der Waals surface area contributed by atoms with E-state index in [2.05, 4.69) is 5.32 Å². The molecule has 2 aromatic carbocycles. The third-order valence-electron chi connectivity index (χ3n) is 4.56. The average molecular weight is 372 g/mol. The summed E-state index contributed by atoms with van der Waals surface area (Å²) in [4.78, 5) is 14.2. The van der Waals surface area contributed by atoms with Crippen LogP contribution in [0.3, 0.4) is 0 Å². The number of hydrogen-bond donors (Lipinski definition) is 1. The molecule has 0 saturated carbocycles. The van der Waals surface area contributed by atoms with Crippen molar-refractivity contribution in [3.05, 3.63) is 53.6 Å². The highest BCUT2D eigenvalue weighted by molar-refractivity contribution is 5.74. The molecule has 0 unspecified atom stereocenters. The van der Waals surface area contributed by atoms with Gasteiger partial charge in [0, 0.05) is 19.6 Å². The summed E-state index contributed by atoms with van der Waals surface area (Å²) >= 11 is 0. The average Bonchev–Trinajstić information content (AvgIpc) is 2.71. The number of carbonyl (C=O) groups excluding carboxylic acids is 1. The lowest BCUT2D eigenvalue weighted by Gasteiger charge is -2.25. The first-order chi connectivity index (χ1) is 13.0. The monoisotopic (exact) mass is 372 g/mol. The van der Waals surface area contributed by atoms with Crippen LogP contribution in [0.25, 0.3) is 0 Å². The molecule has 0 spiro atoms. The van der Waals surface area contributed by atoms with Crippen LogP contribution < -0.4 is 19.5 Å². The van der Waals surface area contributed by atoms with Crippen LogP contribution in [-0.4, -0.2) is 45.3 Å². The van der Waals surface area contributed by atoms with E-state index in [9.17, 15) is 4.79 Å². The Labute approximate surface area is 161 Å². The van der Waals surface area contributed by atoms with E-state index >= 15 is 0 Å². The second-order valence-electron chi connectivity index (χ2n) is 6.36. The lowest BCUT2D eigenvalue weighted by atomic mass is 10.1. The van der Waals surface area contributed by atoms with Crippen LogP contribution >= 0.6 is 0 Å². The van der Waals surface area contributed by atoms with Crippen molar-refractivity contribution in [3.63, 3.8) is 0 Å². The highest BCUT2D eigenvalue weighted by Gasteiger charge is 2.16. The topological polar surface area (TPSA) is 60.0 Å². The van der Waals surface area contributed by atoms with Crippen LogP contribution in [0.2, 0.25) is 0 Å². The molecule has 2 aromatic rings. The van der Waals surface area contributed by atoms with Crippen molar-refractivity contribution < 1.29 is 19.0 Å². The minimum absolute atomic E-state index is 0.0591. The van der Waals surface area contributed by atoms with Gasteiger partial charge in [-0.2, -0.15) is 0 Å². The summed E-state index contributed by atoms with van der Waals surface area (Å²) in [6.07, 6.45) is 0.768. The molecular formula is C21H28N2O4. The predicted octanol–water partition coefficient (Wildman–Crippen LogP) is 3.49. The van der Waals surface area contributed by atoms with E-state index in [1.807, 2.05) is 49.4 Å². The van der Waals surface area contributed by atoms with Crippen molar-refractivity contribution in [2.24, 2.45) is 0 Å². The number of ether oxygens (including phenoxy) is 3. The van der Waals surface area contributed by atoms with E-state index < -0.39 is 0 Å². The number of benzene rings is 2. The van der Waals surface area contributed by atoms with Gasteiger partial charge in [0.15, 0.2) is 11.5 Å². The molecule has 0 aliphatic rings. The van der Waals surface area contributed by atoms with Crippen molar-refractivity contribution in [1.29, 1.82) is 0 Å². The molecule has 1 N–H and O–H groups in total. The van der Waals surface area contributed by atoms with Crippen LogP contribution in [0.4, 0.5) is 4.79 Å². The van der Waals surface area contributed by atoms with Gasteiger partial charge in [-0.1, -0.05) is 18.2 Å². The third-order valence-corrected chi connectivity index (χ3v) is 4.56. The van der Waals surface area contributed by atoms with Crippen molar-refractivity contribution in [3.8, 4) is 17.2 Å². The summed E-state index contributed by atoms with van der Waals surface area (Å²) in [6, 6.07) is 13.4. The van der Waals surface area contributed by atoms with Crippen molar-refractivity contribution in [2.75, 3.05) is 28.4 Å². The largest absolute Gasteiger partial charge is 0.497 e. The van der Waals surface area contributed by atoms with E-state index in [1.165, 1.54) is 0 Å². The molecule has 2 amide bonds. The van der Waals surface area contributed by atoms with Gasteiger partial charge in [-0.05, 0) is 48.7 Å². The van der Waals surface area contributed by atoms with Gasteiger partial charge in [-0.15, -0.1) is 0 Å². The fourth-order valence-electron chi connectivity index (χ4n) is 2.73. The summed E-state index contributed by atoms with van der Waals surface area (Å²) in [5.74, 6) is 2.13. The Morgan fingerprint density at radius 3 is 2.19 bits per heavy atom. The number of methoxy groups -OCH3 is 3. The fourth-order valence-corrected chi connectivity index (χ4v) is 2.73. The number of nitrogens with zero attached hydrogens (tertiary/aromatic N) is 1. The Hall–Kier alpha value is -2.89. The molecule has 0 aromatic heterocycles. The van der Waals surface area contributed by atoms with Gasteiger partial charge in [0.25, 0.3) is 0 Å². The number of hydrogen-bond acceptors (Lipinski definition) is 4. The molecule has 0 bridgehead atoms. The number of nitrogens with one attached hydrogen (secondary N) is 1. The normalized spacial score (nSPS) is 11.4. The molecule has 6 nitrogen and oxygen atoms in total. The highest BCUT2D eigenvalue weighted by atomic mass is 16.5. The third kappa shape index (κ3) is 5.54. The van der Waals surface area contributed by atoms with E-state index in [1.54, 1.807) is 33.3 Å². The number of carbonyl (C=O) groups is 1. The Bertz CT molecular complexity index is 746. The van der Waals surface area contributed by atoms with Crippen LogP contribution in [-0.2, 0) is 13.0 Å². The molecule has 0 aliphatic carbocycles. The molecule has 0 saturated heterocycles. The Kier molecular flexibility index (Phi) is 7.34. The highest BCUT2D eigenvalue weighted by Crippen LogP contribution is 2.27. The first-order valence-corrected chi connectivity index (χ1v) is 8.83. The quantitative estimate of drug-likeness (QED) is 0.771.